The third-order valence-electron chi connectivity index (χ3n) is 4.92. The van der Waals surface area contributed by atoms with Gasteiger partial charge in [0.05, 0.1) is 11.2 Å². The highest BCUT2D eigenvalue weighted by Crippen LogP contribution is 2.32. The standard InChI is InChI=1S/C19H21N3O4S/c1-13-5-6-17(14(2)12-13)27(23,24)22-9-7-15(8-10-22)18-20-21-19(26-18)16-4-3-11-25-16/h3-6,11-12,15H,7-10H2,1-2H3. The highest BCUT2D eigenvalue weighted by Gasteiger charge is 2.33. The van der Waals surface area contributed by atoms with Crippen molar-refractivity contribution in [2.24, 2.45) is 0 Å². The Morgan fingerprint density at radius 3 is 2.56 bits per heavy atom. The molecule has 1 aliphatic rings. The Morgan fingerprint density at radius 2 is 1.89 bits per heavy atom. The molecule has 0 N–H and O–H groups in total. The van der Waals surface area contributed by atoms with Gasteiger partial charge in [-0.3, -0.25) is 0 Å². The molecule has 2 aromatic heterocycles. The van der Waals surface area contributed by atoms with Crippen LogP contribution in [0.5, 0.6) is 0 Å². The van der Waals surface area contributed by atoms with Gasteiger partial charge < -0.3 is 8.83 Å². The predicted octanol–water partition coefficient (Wildman–Crippen LogP) is 3.51. The van der Waals surface area contributed by atoms with E-state index in [1.54, 1.807) is 28.8 Å². The number of hydrogen-bond acceptors (Lipinski definition) is 6. The number of aryl methyl sites for hydroxylation is 2. The van der Waals surface area contributed by atoms with Gasteiger partial charge in [-0.05, 0) is 50.5 Å². The number of piperidine rings is 1. The maximum atomic E-state index is 13.0. The van der Waals surface area contributed by atoms with Gasteiger partial charge in [0.25, 0.3) is 5.89 Å². The monoisotopic (exact) mass is 387 g/mol. The quantitative estimate of drug-likeness (QED) is 0.680. The van der Waals surface area contributed by atoms with Gasteiger partial charge in [0, 0.05) is 19.0 Å². The molecule has 3 heterocycles. The number of benzene rings is 1. The summed E-state index contributed by atoms with van der Waals surface area (Å²) in [7, 11) is -3.49. The molecule has 0 bridgehead atoms. The van der Waals surface area contributed by atoms with Crippen molar-refractivity contribution in [1.82, 2.24) is 14.5 Å². The van der Waals surface area contributed by atoms with Crippen LogP contribution in [0.1, 0.15) is 35.8 Å². The number of hydrogen-bond donors (Lipinski definition) is 0. The lowest BCUT2D eigenvalue weighted by Gasteiger charge is -2.30. The molecule has 142 valence electrons. The number of rotatable bonds is 4. The fourth-order valence-electron chi connectivity index (χ4n) is 3.47. The van der Waals surface area contributed by atoms with E-state index < -0.39 is 10.0 Å². The van der Waals surface area contributed by atoms with E-state index in [1.165, 1.54) is 0 Å². The Kier molecular flexibility index (Phi) is 4.61. The first kappa shape index (κ1) is 17.9. The van der Waals surface area contributed by atoms with Crippen LogP contribution in [-0.2, 0) is 10.0 Å². The Bertz CT molecular complexity index is 1030. The zero-order valence-electron chi connectivity index (χ0n) is 15.3. The van der Waals surface area contributed by atoms with Crippen molar-refractivity contribution in [1.29, 1.82) is 0 Å². The minimum atomic E-state index is -3.49. The molecule has 0 spiro atoms. The summed E-state index contributed by atoms with van der Waals surface area (Å²) < 4.78 is 38.5. The Hall–Kier alpha value is -2.45. The van der Waals surface area contributed by atoms with E-state index in [0.717, 1.165) is 11.1 Å². The molecular weight excluding hydrogens is 366 g/mol. The smallest absolute Gasteiger partial charge is 0.283 e. The molecule has 1 fully saturated rings. The molecule has 0 aliphatic carbocycles. The second kappa shape index (κ2) is 6.94. The normalized spacial score (nSPS) is 16.7. The van der Waals surface area contributed by atoms with Crippen molar-refractivity contribution in [3.8, 4) is 11.7 Å². The zero-order chi connectivity index (χ0) is 19.0. The number of furan rings is 1. The predicted molar refractivity (Wildman–Crippen MR) is 98.6 cm³/mol. The van der Waals surface area contributed by atoms with E-state index in [9.17, 15) is 8.42 Å². The van der Waals surface area contributed by atoms with Gasteiger partial charge in [-0.15, -0.1) is 10.2 Å². The van der Waals surface area contributed by atoms with Crippen LogP contribution in [0, 0.1) is 13.8 Å². The maximum Gasteiger partial charge on any atom is 0.283 e. The molecule has 8 heteroatoms. The van der Waals surface area contributed by atoms with Crippen molar-refractivity contribution in [2.45, 2.75) is 37.5 Å². The lowest BCUT2D eigenvalue weighted by atomic mass is 9.98. The number of nitrogens with zero attached hydrogens (tertiary/aromatic N) is 3. The first-order valence-corrected chi connectivity index (χ1v) is 10.3. The highest BCUT2D eigenvalue weighted by atomic mass is 32.2. The summed E-state index contributed by atoms with van der Waals surface area (Å²) in [6.07, 6.45) is 2.84. The van der Waals surface area contributed by atoms with Crippen LogP contribution in [-0.4, -0.2) is 36.0 Å². The first-order valence-electron chi connectivity index (χ1n) is 8.90. The van der Waals surface area contributed by atoms with Crippen LogP contribution >= 0.6 is 0 Å². The second-order valence-electron chi connectivity index (χ2n) is 6.87. The molecule has 1 saturated heterocycles. The van der Waals surface area contributed by atoms with E-state index in [1.807, 2.05) is 26.0 Å². The summed E-state index contributed by atoms with van der Waals surface area (Å²) in [5, 5.41) is 8.15. The van der Waals surface area contributed by atoms with Crippen molar-refractivity contribution in [3.63, 3.8) is 0 Å². The van der Waals surface area contributed by atoms with E-state index >= 15 is 0 Å². The highest BCUT2D eigenvalue weighted by molar-refractivity contribution is 7.89. The van der Waals surface area contributed by atoms with E-state index in [-0.39, 0.29) is 5.92 Å². The second-order valence-corrected chi connectivity index (χ2v) is 8.78. The minimum Gasteiger partial charge on any atom is -0.459 e. The summed E-state index contributed by atoms with van der Waals surface area (Å²) >= 11 is 0. The van der Waals surface area contributed by atoms with Crippen molar-refractivity contribution < 1.29 is 17.3 Å². The van der Waals surface area contributed by atoms with Crippen LogP contribution in [0.4, 0.5) is 0 Å². The molecule has 4 rings (SSSR count). The van der Waals surface area contributed by atoms with Crippen LogP contribution in [0.2, 0.25) is 0 Å². The molecule has 0 amide bonds. The molecule has 1 aliphatic heterocycles. The van der Waals surface area contributed by atoms with Gasteiger partial charge >= 0.3 is 0 Å². The molecule has 0 atom stereocenters. The van der Waals surface area contributed by atoms with Gasteiger partial charge in [-0.2, -0.15) is 4.31 Å². The van der Waals surface area contributed by atoms with E-state index in [4.69, 9.17) is 8.83 Å². The third-order valence-corrected chi connectivity index (χ3v) is 6.98. The van der Waals surface area contributed by atoms with Gasteiger partial charge in [0.1, 0.15) is 0 Å². The lowest BCUT2D eigenvalue weighted by molar-refractivity contribution is 0.290. The Morgan fingerprint density at radius 1 is 1.11 bits per heavy atom. The lowest BCUT2D eigenvalue weighted by Crippen LogP contribution is -2.38. The molecule has 0 radical (unpaired) electrons. The van der Waals surface area contributed by atoms with Crippen LogP contribution in [0.3, 0.4) is 0 Å². The fourth-order valence-corrected chi connectivity index (χ4v) is 5.15. The van der Waals surface area contributed by atoms with Crippen LogP contribution in [0.15, 0.2) is 50.3 Å². The third kappa shape index (κ3) is 3.42. The largest absolute Gasteiger partial charge is 0.459 e. The zero-order valence-corrected chi connectivity index (χ0v) is 16.1. The van der Waals surface area contributed by atoms with Crippen molar-refractivity contribution in [3.05, 3.63) is 53.6 Å². The summed E-state index contributed by atoms with van der Waals surface area (Å²) in [5.74, 6) is 1.46. The molecule has 0 saturated carbocycles. The van der Waals surface area contributed by atoms with Crippen molar-refractivity contribution >= 4 is 10.0 Å². The van der Waals surface area contributed by atoms with Crippen molar-refractivity contribution in [2.75, 3.05) is 13.1 Å². The molecule has 27 heavy (non-hydrogen) atoms. The summed E-state index contributed by atoms with van der Waals surface area (Å²) in [4.78, 5) is 0.379. The molecule has 3 aromatic rings. The van der Waals surface area contributed by atoms with Gasteiger partial charge in [-0.25, -0.2) is 8.42 Å². The first-order chi connectivity index (χ1) is 12.9. The fraction of sp³-hybridized carbons (Fsp3) is 0.368. The molecule has 7 nitrogen and oxygen atoms in total. The molecule has 0 unspecified atom stereocenters. The average molecular weight is 387 g/mol. The minimum absolute atomic E-state index is 0.0479. The van der Waals surface area contributed by atoms with E-state index in [0.29, 0.717) is 48.4 Å². The van der Waals surface area contributed by atoms with Crippen LogP contribution in [0.25, 0.3) is 11.7 Å². The Labute approximate surface area is 158 Å². The van der Waals surface area contributed by atoms with Crippen LogP contribution < -0.4 is 0 Å². The summed E-state index contributed by atoms with van der Waals surface area (Å²) in [6, 6.07) is 8.95. The van der Waals surface area contributed by atoms with Gasteiger partial charge in [0.2, 0.25) is 15.9 Å². The molecular formula is C19H21N3O4S. The average Bonchev–Trinajstić information content (AvgIpc) is 3.33. The number of sulfonamides is 1. The Balaban J connectivity index is 1.47. The summed E-state index contributed by atoms with van der Waals surface area (Å²) in [5.41, 5.74) is 1.83. The van der Waals surface area contributed by atoms with E-state index in [2.05, 4.69) is 10.2 Å². The summed E-state index contributed by atoms with van der Waals surface area (Å²) in [6.45, 7) is 4.65. The maximum absolute atomic E-state index is 13.0. The molecule has 1 aromatic carbocycles. The SMILES string of the molecule is Cc1ccc(S(=O)(=O)N2CCC(c3nnc(-c4ccco4)o3)CC2)c(C)c1. The van der Waals surface area contributed by atoms with Gasteiger partial charge in [-0.1, -0.05) is 17.7 Å². The number of aromatic nitrogens is 2. The van der Waals surface area contributed by atoms with Gasteiger partial charge in [0.15, 0.2) is 5.76 Å². The topological polar surface area (TPSA) is 89.4 Å².